The molecule has 1 heterocycles. The molecule has 1 fully saturated rings. The van der Waals surface area contributed by atoms with E-state index in [1.807, 2.05) is 29.2 Å². The molecule has 1 amide bonds. The van der Waals surface area contributed by atoms with Crippen LogP contribution in [0.25, 0.3) is 10.8 Å². The number of halogens is 3. The fraction of sp³-hybridized carbons (Fsp3) is 0.292. The Balaban J connectivity index is 1.30. The van der Waals surface area contributed by atoms with Gasteiger partial charge in [0.15, 0.2) is 5.75 Å². The highest BCUT2D eigenvalue weighted by Crippen LogP contribution is 2.30. The van der Waals surface area contributed by atoms with Crippen molar-refractivity contribution in [3.05, 3.63) is 77.9 Å². The number of fused-ring (bicyclic) bond motifs is 1. The third kappa shape index (κ3) is 6.06. The van der Waals surface area contributed by atoms with Crippen LogP contribution < -0.4 is 4.18 Å². The van der Waals surface area contributed by atoms with Gasteiger partial charge in [-0.25, -0.2) is 0 Å². The first-order valence-electron chi connectivity index (χ1n) is 10.7. The second-order valence-corrected chi connectivity index (χ2v) is 9.72. The predicted molar refractivity (Wildman–Crippen MR) is 122 cm³/mol. The zero-order chi connectivity index (χ0) is 24.3. The van der Waals surface area contributed by atoms with Crippen molar-refractivity contribution in [1.29, 1.82) is 0 Å². The highest BCUT2D eigenvalue weighted by molar-refractivity contribution is 7.87. The first-order valence-corrected chi connectivity index (χ1v) is 12.2. The van der Waals surface area contributed by atoms with Crippen LogP contribution in [0.4, 0.5) is 13.2 Å². The van der Waals surface area contributed by atoms with E-state index in [1.165, 1.54) is 17.0 Å². The van der Waals surface area contributed by atoms with Gasteiger partial charge in [0.1, 0.15) is 5.75 Å². The number of piperazine rings is 1. The Labute approximate surface area is 195 Å². The lowest BCUT2D eigenvalue weighted by atomic mass is 10.1. The van der Waals surface area contributed by atoms with Crippen LogP contribution in [-0.4, -0.2) is 56.1 Å². The maximum Gasteiger partial charge on any atom is 0.416 e. The number of nitrogens with zero attached hydrogens (tertiary/aromatic N) is 2. The molecule has 1 saturated heterocycles. The Morgan fingerprint density at radius 1 is 0.882 bits per heavy atom. The van der Waals surface area contributed by atoms with Crippen molar-refractivity contribution in [2.45, 2.75) is 12.7 Å². The predicted octanol–water partition coefficient (Wildman–Crippen LogP) is 3.91. The first kappa shape index (κ1) is 24.0. The van der Waals surface area contributed by atoms with Gasteiger partial charge in [-0.3, -0.25) is 9.69 Å². The van der Waals surface area contributed by atoms with Crippen LogP contribution in [0.2, 0.25) is 0 Å². The molecule has 6 nitrogen and oxygen atoms in total. The minimum absolute atomic E-state index is 0.136. The molecule has 0 saturated carbocycles. The normalized spacial score (nSPS) is 15.4. The van der Waals surface area contributed by atoms with Crippen molar-refractivity contribution < 1.29 is 30.6 Å². The van der Waals surface area contributed by atoms with E-state index in [4.69, 9.17) is 4.18 Å². The molecule has 3 aromatic rings. The Bertz CT molecular complexity index is 1290. The van der Waals surface area contributed by atoms with Crippen LogP contribution in [-0.2, 0) is 27.6 Å². The van der Waals surface area contributed by atoms with E-state index >= 15 is 0 Å². The van der Waals surface area contributed by atoms with E-state index in [2.05, 4.69) is 0 Å². The Kier molecular flexibility index (Phi) is 6.81. The summed E-state index contributed by atoms with van der Waals surface area (Å²) in [6.45, 7) is 1.73. The third-order valence-corrected chi connectivity index (χ3v) is 6.68. The van der Waals surface area contributed by atoms with Gasteiger partial charge in [0.25, 0.3) is 0 Å². The number of rotatable bonds is 6. The summed E-state index contributed by atoms with van der Waals surface area (Å²) in [5.74, 6) is -1.22. The van der Waals surface area contributed by atoms with Gasteiger partial charge in [0.05, 0.1) is 5.56 Å². The number of hydrogen-bond acceptors (Lipinski definition) is 5. The van der Waals surface area contributed by atoms with E-state index < -0.39 is 33.5 Å². The van der Waals surface area contributed by atoms with Gasteiger partial charge in [-0.1, -0.05) is 48.5 Å². The molecule has 3 aromatic carbocycles. The molecule has 0 bridgehead atoms. The molecule has 1 aliphatic rings. The van der Waals surface area contributed by atoms with E-state index in [0.717, 1.165) is 22.9 Å². The minimum atomic E-state index is -4.40. The average Bonchev–Trinajstić information content (AvgIpc) is 2.78. The summed E-state index contributed by atoms with van der Waals surface area (Å²) in [5, 5.41) is 1.75. The van der Waals surface area contributed by atoms with E-state index in [0.29, 0.717) is 25.2 Å². The van der Waals surface area contributed by atoms with Crippen LogP contribution in [0.3, 0.4) is 0 Å². The number of amides is 1. The quantitative estimate of drug-likeness (QED) is 0.488. The summed E-state index contributed by atoms with van der Waals surface area (Å²) in [7, 11) is -4.14. The molecular formula is C24H23F3N2O4S. The third-order valence-electron chi connectivity index (χ3n) is 5.63. The summed E-state index contributed by atoms with van der Waals surface area (Å²) >= 11 is 0. The highest BCUT2D eigenvalue weighted by Gasteiger charge is 2.31. The van der Waals surface area contributed by atoms with Gasteiger partial charge < -0.3 is 9.08 Å². The molecule has 0 aromatic heterocycles. The number of carbonyl (C=O) groups excluding carboxylic acids is 1. The summed E-state index contributed by atoms with van der Waals surface area (Å²) in [5.41, 5.74) is -0.170. The number of benzene rings is 3. The summed E-state index contributed by atoms with van der Waals surface area (Å²) in [6.07, 6.45) is -4.40. The summed E-state index contributed by atoms with van der Waals surface area (Å²) < 4.78 is 68.7. The SMILES string of the molecule is O=C(CS(=O)(=O)Oc1ccc2ccccc2c1)N1CCN(Cc2cccc(C(F)(F)F)c2)CC1. The van der Waals surface area contributed by atoms with Crippen molar-refractivity contribution in [1.82, 2.24) is 9.80 Å². The molecule has 0 radical (unpaired) electrons. The number of hydrogen-bond donors (Lipinski definition) is 0. The van der Waals surface area contributed by atoms with Gasteiger partial charge >= 0.3 is 16.3 Å². The van der Waals surface area contributed by atoms with Gasteiger partial charge in [0, 0.05) is 32.7 Å². The lowest BCUT2D eigenvalue weighted by molar-refractivity contribution is -0.137. The van der Waals surface area contributed by atoms with Gasteiger partial charge in [-0.2, -0.15) is 21.6 Å². The molecule has 0 aliphatic carbocycles. The summed E-state index contributed by atoms with van der Waals surface area (Å²) in [4.78, 5) is 15.9. The van der Waals surface area contributed by atoms with Gasteiger partial charge in [0.2, 0.25) is 5.91 Å². The van der Waals surface area contributed by atoms with Crippen molar-refractivity contribution in [2.75, 3.05) is 31.9 Å². The Morgan fingerprint density at radius 2 is 1.59 bits per heavy atom. The molecule has 0 spiro atoms. The number of alkyl halides is 3. The maximum absolute atomic E-state index is 12.9. The zero-order valence-electron chi connectivity index (χ0n) is 18.2. The number of carbonyl (C=O) groups is 1. The van der Waals surface area contributed by atoms with Crippen molar-refractivity contribution in [3.8, 4) is 5.75 Å². The second kappa shape index (κ2) is 9.63. The maximum atomic E-state index is 12.9. The van der Waals surface area contributed by atoms with Crippen molar-refractivity contribution in [2.24, 2.45) is 0 Å². The smallest absolute Gasteiger partial charge is 0.382 e. The van der Waals surface area contributed by atoms with Crippen LogP contribution in [0.15, 0.2) is 66.7 Å². The monoisotopic (exact) mass is 492 g/mol. The van der Waals surface area contributed by atoms with E-state index in [9.17, 15) is 26.4 Å². The van der Waals surface area contributed by atoms with Crippen molar-refractivity contribution in [3.63, 3.8) is 0 Å². The van der Waals surface area contributed by atoms with Gasteiger partial charge in [-0.05, 0) is 34.5 Å². The standard InChI is InChI=1S/C24H23F3N2O4S/c25-24(26,27)21-7-3-4-18(14-21)16-28-10-12-29(13-11-28)23(30)17-34(31,32)33-22-9-8-19-5-1-2-6-20(19)15-22/h1-9,14-15H,10-13,16-17H2. The molecule has 0 N–H and O–H groups in total. The van der Waals surface area contributed by atoms with Crippen molar-refractivity contribution >= 4 is 26.8 Å². The fourth-order valence-electron chi connectivity index (χ4n) is 3.90. The molecule has 1 aliphatic heterocycles. The molecule has 10 heteroatoms. The zero-order valence-corrected chi connectivity index (χ0v) is 19.0. The molecular weight excluding hydrogens is 469 g/mol. The topological polar surface area (TPSA) is 66.9 Å². The highest BCUT2D eigenvalue weighted by atomic mass is 32.2. The lowest BCUT2D eigenvalue weighted by Gasteiger charge is -2.34. The molecule has 4 rings (SSSR count). The molecule has 180 valence electrons. The summed E-state index contributed by atoms with van der Waals surface area (Å²) in [6, 6.07) is 17.5. The fourth-order valence-corrected chi connectivity index (χ4v) is 4.84. The molecule has 0 unspecified atom stereocenters. The van der Waals surface area contributed by atoms with E-state index in [1.54, 1.807) is 18.2 Å². The lowest BCUT2D eigenvalue weighted by Crippen LogP contribution is -2.50. The molecule has 0 atom stereocenters. The van der Waals surface area contributed by atoms with Crippen LogP contribution in [0.1, 0.15) is 11.1 Å². The van der Waals surface area contributed by atoms with Crippen LogP contribution in [0.5, 0.6) is 5.75 Å². The first-order chi connectivity index (χ1) is 16.1. The Hall–Kier alpha value is -3.11. The molecule has 34 heavy (non-hydrogen) atoms. The van der Waals surface area contributed by atoms with Crippen LogP contribution >= 0.6 is 0 Å². The second-order valence-electron chi connectivity index (χ2n) is 8.15. The Morgan fingerprint density at radius 3 is 2.29 bits per heavy atom. The van der Waals surface area contributed by atoms with Crippen LogP contribution in [0, 0.1) is 0 Å². The largest absolute Gasteiger partial charge is 0.416 e. The average molecular weight is 493 g/mol. The van der Waals surface area contributed by atoms with E-state index in [-0.39, 0.29) is 18.8 Å². The van der Waals surface area contributed by atoms with Gasteiger partial charge in [-0.15, -0.1) is 0 Å². The minimum Gasteiger partial charge on any atom is -0.382 e.